The van der Waals surface area contributed by atoms with Crippen molar-refractivity contribution in [1.29, 1.82) is 0 Å². The molecule has 1 aliphatic heterocycles. The molecule has 0 amide bonds. The van der Waals surface area contributed by atoms with Crippen LogP contribution in [-0.4, -0.2) is 47.7 Å². The summed E-state index contributed by atoms with van der Waals surface area (Å²) in [6.07, 6.45) is 6.85. The molecule has 2 fully saturated rings. The third kappa shape index (κ3) is 6.78. The Balaban J connectivity index is 1.50. The minimum Gasteiger partial charge on any atom is -0.393 e. The molecule has 2 unspecified atom stereocenters. The number of piperidine rings is 1. The van der Waals surface area contributed by atoms with Gasteiger partial charge < -0.3 is 15.7 Å². The number of nitrogens with zero attached hydrogens (tertiary/aromatic N) is 2. The molecule has 28 heavy (non-hydrogen) atoms. The highest BCUT2D eigenvalue weighted by Gasteiger charge is 2.19. The molecule has 1 aromatic carbocycles. The topological polar surface area (TPSA) is 59.9 Å². The van der Waals surface area contributed by atoms with Crippen LogP contribution < -0.4 is 10.6 Å². The van der Waals surface area contributed by atoms with Gasteiger partial charge in [0.2, 0.25) is 0 Å². The van der Waals surface area contributed by atoms with Crippen LogP contribution in [0.25, 0.3) is 0 Å². The maximum atomic E-state index is 9.64. The summed E-state index contributed by atoms with van der Waals surface area (Å²) >= 11 is 0. The molecule has 2 aliphatic rings. The number of benzene rings is 1. The molecule has 3 N–H and O–H groups in total. The molecule has 156 valence electrons. The third-order valence-electron chi connectivity index (χ3n) is 6.03. The Labute approximate surface area is 170 Å². The van der Waals surface area contributed by atoms with Gasteiger partial charge in [-0.25, -0.2) is 4.99 Å². The number of aliphatic hydroxyl groups excluding tert-OH is 1. The molecule has 3 rings (SSSR count). The molecule has 2 atom stereocenters. The summed E-state index contributed by atoms with van der Waals surface area (Å²) in [5.41, 5.74) is 2.58. The summed E-state index contributed by atoms with van der Waals surface area (Å²) in [6, 6.07) is 9.39. The molecule has 1 saturated heterocycles. The van der Waals surface area contributed by atoms with E-state index >= 15 is 0 Å². The molecule has 5 heteroatoms. The second-order valence-corrected chi connectivity index (χ2v) is 8.63. The first-order chi connectivity index (χ1) is 13.6. The van der Waals surface area contributed by atoms with E-state index in [1.54, 1.807) is 0 Å². The van der Waals surface area contributed by atoms with Gasteiger partial charge in [-0.1, -0.05) is 44.0 Å². The summed E-state index contributed by atoms with van der Waals surface area (Å²) in [5.74, 6) is 1.75. The maximum absolute atomic E-state index is 9.64. The number of hydrogen-bond acceptors (Lipinski definition) is 3. The predicted molar refractivity (Wildman–Crippen MR) is 116 cm³/mol. The number of rotatable bonds is 6. The lowest BCUT2D eigenvalue weighted by atomic mass is 9.87. The van der Waals surface area contributed by atoms with E-state index in [0.717, 1.165) is 50.9 Å². The first-order valence-corrected chi connectivity index (χ1v) is 11.2. The molecule has 1 heterocycles. The van der Waals surface area contributed by atoms with E-state index in [-0.39, 0.29) is 6.10 Å². The first kappa shape index (κ1) is 21.1. The van der Waals surface area contributed by atoms with Gasteiger partial charge in [0.25, 0.3) is 0 Å². The molecule has 0 spiro atoms. The van der Waals surface area contributed by atoms with Crippen molar-refractivity contribution < 1.29 is 5.11 Å². The Morgan fingerprint density at radius 3 is 2.50 bits per heavy atom. The molecule has 1 aliphatic carbocycles. The maximum Gasteiger partial charge on any atom is 0.191 e. The highest BCUT2D eigenvalue weighted by molar-refractivity contribution is 5.80. The average Bonchev–Trinajstić information content (AvgIpc) is 2.69. The monoisotopic (exact) mass is 386 g/mol. The van der Waals surface area contributed by atoms with Crippen LogP contribution in [0.2, 0.25) is 0 Å². The second-order valence-electron chi connectivity index (χ2n) is 8.63. The summed E-state index contributed by atoms with van der Waals surface area (Å²) in [6.45, 7) is 9.02. The van der Waals surface area contributed by atoms with Gasteiger partial charge in [0.15, 0.2) is 5.96 Å². The SMILES string of the molecule is CCNC(=NCc1ccc(CN2CCC(O)CC2)cc1)NC1CCCC(C)C1. The number of aliphatic imine (C=N–C) groups is 1. The van der Waals surface area contributed by atoms with Crippen molar-refractivity contribution >= 4 is 5.96 Å². The van der Waals surface area contributed by atoms with Crippen molar-refractivity contribution in [3.05, 3.63) is 35.4 Å². The highest BCUT2D eigenvalue weighted by atomic mass is 16.3. The molecule has 0 radical (unpaired) electrons. The van der Waals surface area contributed by atoms with Crippen molar-refractivity contribution in [2.75, 3.05) is 19.6 Å². The van der Waals surface area contributed by atoms with Crippen molar-refractivity contribution in [2.45, 2.75) is 77.6 Å². The standard InChI is InChI=1S/C23H38N4O/c1-3-24-23(26-21-6-4-5-18(2)15-21)25-16-19-7-9-20(10-8-19)17-27-13-11-22(28)12-14-27/h7-10,18,21-22,28H,3-6,11-17H2,1-2H3,(H2,24,25,26). The minimum absolute atomic E-state index is 0.104. The number of aliphatic hydroxyl groups is 1. The van der Waals surface area contributed by atoms with E-state index in [2.05, 4.69) is 53.6 Å². The van der Waals surface area contributed by atoms with Crippen LogP contribution in [-0.2, 0) is 13.1 Å². The van der Waals surface area contributed by atoms with Gasteiger partial charge >= 0.3 is 0 Å². The van der Waals surface area contributed by atoms with E-state index in [0.29, 0.717) is 12.6 Å². The third-order valence-corrected chi connectivity index (χ3v) is 6.03. The van der Waals surface area contributed by atoms with Crippen LogP contribution in [0.4, 0.5) is 0 Å². The van der Waals surface area contributed by atoms with Crippen molar-refractivity contribution in [3.8, 4) is 0 Å². The first-order valence-electron chi connectivity index (χ1n) is 11.2. The highest BCUT2D eigenvalue weighted by Crippen LogP contribution is 2.23. The summed E-state index contributed by atoms with van der Waals surface area (Å²) in [4.78, 5) is 7.24. The average molecular weight is 387 g/mol. The lowest BCUT2D eigenvalue weighted by Crippen LogP contribution is -2.45. The fraction of sp³-hybridized carbons (Fsp3) is 0.696. The predicted octanol–water partition coefficient (Wildman–Crippen LogP) is 3.28. The fourth-order valence-corrected chi connectivity index (χ4v) is 4.33. The zero-order valence-corrected chi connectivity index (χ0v) is 17.7. The summed E-state index contributed by atoms with van der Waals surface area (Å²) in [7, 11) is 0. The molecular weight excluding hydrogens is 348 g/mol. The minimum atomic E-state index is -0.104. The molecule has 1 saturated carbocycles. The number of hydrogen-bond donors (Lipinski definition) is 3. The van der Waals surface area contributed by atoms with Gasteiger partial charge in [-0.2, -0.15) is 0 Å². The fourth-order valence-electron chi connectivity index (χ4n) is 4.33. The van der Waals surface area contributed by atoms with E-state index in [1.807, 2.05) is 0 Å². The Hall–Kier alpha value is -1.59. The molecular formula is C23H38N4O. The van der Waals surface area contributed by atoms with Crippen LogP contribution in [0.1, 0.15) is 63.5 Å². The van der Waals surface area contributed by atoms with Gasteiger partial charge in [-0.15, -0.1) is 0 Å². The lowest BCUT2D eigenvalue weighted by molar-refractivity contribution is 0.0792. The zero-order valence-electron chi connectivity index (χ0n) is 17.7. The number of guanidine groups is 1. The van der Waals surface area contributed by atoms with Crippen molar-refractivity contribution in [2.24, 2.45) is 10.9 Å². The van der Waals surface area contributed by atoms with Gasteiger partial charge in [0.05, 0.1) is 12.6 Å². The van der Waals surface area contributed by atoms with Gasteiger partial charge in [0, 0.05) is 32.2 Å². The molecule has 5 nitrogen and oxygen atoms in total. The van der Waals surface area contributed by atoms with Crippen LogP contribution in [0.5, 0.6) is 0 Å². The second kappa shape index (κ2) is 10.8. The number of likely N-dealkylation sites (tertiary alicyclic amines) is 1. The van der Waals surface area contributed by atoms with Crippen LogP contribution in [0.15, 0.2) is 29.3 Å². The van der Waals surface area contributed by atoms with Gasteiger partial charge in [-0.3, -0.25) is 4.90 Å². The van der Waals surface area contributed by atoms with Gasteiger partial charge in [-0.05, 0) is 49.7 Å². The molecule has 0 aromatic heterocycles. The molecule has 1 aromatic rings. The van der Waals surface area contributed by atoms with E-state index in [4.69, 9.17) is 4.99 Å². The van der Waals surface area contributed by atoms with Crippen molar-refractivity contribution in [1.82, 2.24) is 15.5 Å². The summed E-state index contributed by atoms with van der Waals surface area (Å²) < 4.78 is 0. The van der Waals surface area contributed by atoms with Crippen LogP contribution >= 0.6 is 0 Å². The Bertz CT molecular complexity index is 608. The zero-order chi connectivity index (χ0) is 19.8. The Kier molecular flexibility index (Phi) is 8.16. The quantitative estimate of drug-likeness (QED) is 0.519. The van der Waals surface area contributed by atoms with Crippen molar-refractivity contribution in [3.63, 3.8) is 0 Å². The Morgan fingerprint density at radius 2 is 1.82 bits per heavy atom. The largest absolute Gasteiger partial charge is 0.393 e. The number of nitrogens with one attached hydrogen (secondary N) is 2. The van der Waals surface area contributed by atoms with E-state index < -0.39 is 0 Å². The summed E-state index contributed by atoms with van der Waals surface area (Å²) in [5, 5.41) is 16.7. The van der Waals surface area contributed by atoms with E-state index in [1.165, 1.54) is 36.8 Å². The van der Waals surface area contributed by atoms with Gasteiger partial charge in [0.1, 0.15) is 0 Å². The normalized spacial score (nSPS) is 24.9. The van der Waals surface area contributed by atoms with E-state index in [9.17, 15) is 5.11 Å². The Morgan fingerprint density at radius 1 is 1.11 bits per heavy atom. The lowest BCUT2D eigenvalue weighted by Gasteiger charge is -2.29. The molecule has 0 bridgehead atoms. The van der Waals surface area contributed by atoms with Crippen LogP contribution in [0, 0.1) is 5.92 Å². The smallest absolute Gasteiger partial charge is 0.191 e. The van der Waals surface area contributed by atoms with Crippen LogP contribution in [0.3, 0.4) is 0 Å².